The summed E-state index contributed by atoms with van der Waals surface area (Å²) in [6.07, 6.45) is 0.397. The van der Waals surface area contributed by atoms with E-state index in [1.807, 2.05) is 24.3 Å². The Labute approximate surface area is 103 Å². The van der Waals surface area contributed by atoms with Crippen molar-refractivity contribution in [2.45, 2.75) is 13.0 Å². The van der Waals surface area contributed by atoms with E-state index >= 15 is 0 Å². The third-order valence-electron chi connectivity index (χ3n) is 2.07. The van der Waals surface area contributed by atoms with Crippen molar-refractivity contribution < 1.29 is 4.79 Å². The van der Waals surface area contributed by atoms with Crippen LogP contribution in [0.5, 0.6) is 0 Å². The van der Waals surface area contributed by atoms with E-state index in [1.54, 1.807) is 11.9 Å². The van der Waals surface area contributed by atoms with Crippen molar-refractivity contribution in [3.8, 4) is 0 Å². The lowest BCUT2D eigenvalue weighted by atomic mass is 10.2. The summed E-state index contributed by atoms with van der Waals surface area (Å²) in [6, 6.07) is 7.92. The van der Waals surface area contributed by atoms with Crippen LogP contribution in [0.1, 0.15) is 12.0 Å². The minimum atomic E-state index is 0.0768. The van der Waals surface area contributed by atoms with Crippen molar-refractivity contribution in [1.82, 2.24) is 4.90 Å². The second-order valence-corrected chi connectivity index (χ2v) is 4.61. The van der Waals surface area contributed by atoms with Crippen LogP contribution < -0.4 is 0 Å². The Morgan fingerprint density at radius 1 is 1.40 bits per heavy atom. The highest BCUT2D eigenvalue weighted by atomic mass is 79.9. The standard InChI is InChI=1S/C11H13BrClNO/c1-14(11(15)6-7-13)8-9-2-4-10(12)5-3-9/h2-5H,6-8H2,1H3. The van der Waals surface area contributed by atoms with Crippen molar-refractivity contribution in [2.75, 3.05) is 12.9 Å². The van der Waals surface area contributed by atoms with Gasteiger partial charge < -0.3 is 4.90 Å². The maximum Gasteiger partial charge on any atom is 0.223 e. The van der Waals surface area contributed by atoms with Crippen LogP contribution >= 0.6 is 27.5 Å². The van der Waals surface area contributed by atoms with Gasteiger partial charge in [0, 0.05) is 30.4 Å². The molecular weight excluding hydrogens is 277 g/mol. The molecule has 0 atom stereocenters. The van der Waals surface area contributed by atoms with Gasteiger partial charge in [-0.05, 0) is 17.7 Å². The average molecular weight is 291 g/mol. The molecule has 0 saturated heterocycles. The van der Waals surface area contributed by atoms with Crippen LogP contribution in [0, 0.1) is 0 Å². The van der Waals surface area contributed by atoms with Gasteiger partial charge in [0.25, 0.3) is 0 Å². The highest BCUT2D eigenvalue weighted by Crippen LogP contribution is 2.12. The van der Waals surface area contributed by atoms with Gasteiger partial charge in [-0.3, -0.25) is 4.79 Å². The van der Waals surface area contributed by atoms with E-state index in [9.17, 15) is 4.79 Å². The van der Waals surface area contributed by atoms with Crippen LogP contribution in [-0.2, 0) is 11.3 Å². The number of rotatable bonds is 4. The van der Waals surface area contributed by atoms with Gasteiger partial charge in [0.15, 0.2) is 0 Å². The maximum atomic E-state index is 11.4. The van der Waals surface area contributed by atoms with Gasteiger partial charge in [-0.25, -0.2) is 0 Å². The molecule has 0 unspecified atom stereocenters. The van der Waals surface area contributed by atoms with E-state index in [2.05, 4.69) is 15.9 Å². The van der Waals surface area contributed by atoms with Crippen LogP contribution in [0.25, 0.3) is 0 Å². The summed E-state index contributed by atoms with van der Waals surface area (Å²) in [7, 11) is 1.79. The smallest absolute Gasteiger partial charge is 0.223 e. The first-order chi connectivity index (χ1) is 7.13. The fourth-order valence-electron chi connectivity index (χ4n) is 1.22. The molecule has 0 bridgehead atoms. The molecule has 0 spiro atoms. The molecule has 0 heterocycles. The Kier molecular flexibility index (Phi) is 5.12. The predicted molar refractivity (Wildman–Crippen MR) is 66.0 cm³/mol. The van der Waals surface area contributed by atoms with Crippen LogP contribution in [0.3, 0.4) is 0 Å². The third-order valence-corrected chi connectivity index (χ3v) is 2.78. The quantitative estimate of drug-likeness (QED) is 0.781. The normalized spacial score (nSPS) is 10.1. The molecule has 1 rings (SSSR count). The maximum absolute atomic E-state index is 11.4. The topological polar surface area (TPSA) is 20.3 Å². The molecule has 4 heteroatoms. The molecule has 1 aromatic carbocycles. The van der Waals surface area contributed by atoms with E-state index in [0.29, 0.717) is 18.8 Å². The lowest BCUT2D eigenvalue weighted by Crippen LogP contribution is -2.26. The summed E-state index contributed by atoms with van der Waals surface area (Å²) in [6.45, 7) is 0.628. The molecule has 0 fully saturated rings. The molecule has 0 radical (unpaired) electrons. The zero-order chi connectivity index (χ0) is 11.3. The average Bonchev–Trinajstić information content (AvgIpc) is 2.22. The Bertz CT molecular complexity index is 326. The Morgan fingerprint density at radius 2 is 2.00 bits per heavy atom. The SMILES string of the molecule is CN(Cc1ccc(Br)cc1)C(=O)CCCl. The molecule has 0 N–H and O–H groups in total. The molecule has 1 amide bonds. The van der Waals surface area contributed by atoms with Crippen LogP contribution in [-0.4, -0.2) is 23.7 Å². The van der Waals surface area contributed by atoms with Crippen LogP contribution in [0.15, 0.2) is 28.7 Å². The lowest BCUT2D eigenvalue weighted by Gasteiger charge is -2.16. The van der Waals surface area contributed by atoms with Crippen molar-refractivity contribution in [2.24, 2.45) is 0 Å². The van der Waals surface area contributed by atoms with Crippen molar-refractivity contribution in [3.63, 3.8) is 0 Å². The fourth-order valence-corrected chi connectivity index (χ4v) is 1.65. The number of hydrogen-bond donors (Lipinski definition) is 0. The number of amides is 1. The number of alkyl halides is 1. The van der Waals surface area contributed by atoms with Crippen molar-refractivity contribution in [3.05, 3.63) is 34.3 Å². The molecule has 0 aliphatic heterocycles. The first-order valence-electron chi connectivity index (χ1n) is 4.68. The molecule has 0 aliphatic rings. The highest BCUT2D eigenvalue weighted by Gasteiger charge is 2.07. The van der Waals surface area contributed by atoms with E-state index in [0.717, 1.165) is 10.0 Å². The van der Waals surface area contributed by atoms with E-state index in [-0.39, 0.29) is 5.91 Å². The van der Waals surface area contributed by atoms with Crippen LogP contribution in [0.2, 0.25) is 0 Å². The summed E-state index contributed by atoms with van der Waals surface area (Å²) >= 11 is 8.88. The summed E-state index contributed by atoms with van der Waals surface area (Å²) in [4.78, 5) is 13.1. The second kappa shape index (κ2) is 6.13. The van der Waals surface area contributed by atoms with Gasteiger partial charge in [0.2, 0.25) is 5.91 Å². The Balaban J connectivity index is 2.54. The molecule has 0 aromatic heterocycles. The van der Waals surface area contributed by atoms with Gasteiger partial charge in [-0.2, -0.15) is 0 Å². The largest absolute Gasteiger partial charge is 0.341 e. The van der Waals surface area contributed by atoms with E-state index < -0.39 is 0 Å². The zero-order valence-corrected chi connectivity index (χ0v) is 10.9. The first kappa shape index (κ1) is 12.5. The van der Waals surface area contributed by atoms with Gasteiger partial charge in [-0.1, -0.05) is 28.1 Å². The zero-order valence-electron chi connectivity index (χ0n) is 8.54. The predicted octanol–water partition coefficient (Wildman–Crippen LogP) is 3.04. The van der Waals surface area contributed by atoms with Crippen molar-refractivity contribution >= 4 is 33.4 Å². The summed E-state index contributed by atoms with van der Waals surface area (Å²) < 4.78 is 1.04. The first-order valence-corrected chi connectivity index (χ1v) is 6.00. The van der Waals surface area contributed by atoms with Gasteiger partial charge in [0.05, 0.1) is 0 Å². The molecule has 0 saturated carbocycles. The van der Waals surface area contributed by atoms with Gasteiger partial charge in [0.1, 0.15) is 0 Å². The van der Waals surface area contributed by atoms with Gasteiger partial charge in [-0.15, -0.1) is 11.6 Å². The summed E-state index contributed by atoms with van der Waals surface area (Å²) in [5.41, 5.74) is 1.11. The highest BCUT2D eigenvalue weighted by molar-refractivity contribution is 9.10. The van der Waals surface area contributed by atoms with E-state index in [1.165, 1.54) is 0 Å². The number of halogens is 2. The molecule has 15 heavy (non-hydrogen) atoms. The Hall–Kier alpha value is -0.540. The number of carbonyl (C=O) groups excluding carboxylic acids is 1. The summed E-state index contributed by atoms with van der Waals surface area (Å²) in [5, 5.41) is 0. The summed E-state index contributed by atoms with van der Waals surface area (Å²) in [5.74, 6) is 0.455. The molecule has 2 nitrogen and oxygen atoms in total. The monoisotopic (exact) mass is 289 g/mol. The van der Waals surface area contributed by atoms with E-state index in [4.69, 9.17) is 11.6 Å². The molecule has 82 valence electrons. The number of nitrogens with zero attached hydrogens (tertiary/aromatic N) is 1. The van der Waals surface area contributed by atoms with Crippen molar-refractivity contribution in [1.29, 1.82) is 0 Å². The number of hydrogen-bond acceptors (Lipinski definition) is 1. The third kappa shape index (κ3) is 4.22. The minimum Gasteiger partial charge on any atom is -0.341 e. The van der Waals surface area contributed by atoms with Crippen LogP contribution in [0.4, 0.5) is 0 Å². The molecule has 0 aliphatic carbocycles. The van der Waals surface area contributed by atoms with Gasteiger partial charge >= 0.3 is 0 Å². The molecular formula is C11H13BrClNO. The Morgan fingerprint density at radius 3 is 2.53 bits per heavy atom. The second-order valence-electron chi connectivity index (χ2n) is 3.32. The molecule has 1 aromatic rings. The number of carbonyl (C=O) groups is 1. The lowest BCUT2D eigenvalue weighted by molar-refractivity contribution is -0.129. The minimum absolute atomic E-state index is 0.0768. The fraction of sp³-hybridized carbons (Fsp3) is 0.364. The number of benzene rings is 1.